The number of rotatable bonds is 5. The quantitative estimate of drug-likeness (QED) is 0.686. The minimum atomic E-state index is -0.842. The molecule has 3 nitrogen and oxygen atoms in total. The van der Waals surface area contributed by atoms with Gasteiger partial charge in [-0.3, -0.25) is 0 Å². The normalized spacial score (nSPS) is 31.2. The number of hydrogen-bond donors (Lipinski definition) is 0. The Morgan fingerprint density at radius 2 is 1.86 bits per heavy atom. The van der Waals surface area contributed by atoms with Crippen molar-refractivity contribution in [3.63, 3.8) is 0 Å². The molecular weight excluding hydrogens is 362 g/mol. The highest BCUT2D eigenvalue weighted by Gasteiger charge is 2.43. The van der Waals surface area contributed by atoms with Crippen molar-refractivity contribution in [3.8, 4) is 0 Å². The maximum absolute atomic E-state index is 14.1. The lowest BCUT2D eigenvalue weighted by Gasteiger charge is -2.43. The fourth-order valence-electron chi connectivity index (χ4n) is 4.68. The number of ether oxygens (including phenoxy) is 3. The molecule has 0 spiro atoms. The molecule has 1 atom stereocenters. The molecular formula is C23H28F2O3. The van der Waals surface area contributed by atoms with Crippen molar-refractivity contribution in [2.24, 2.45) is 11.8 Å². The molecule has 0 aromatic heterocycles. The number of benzene rings is 1. The molecule has 4 rings (SSSR count). The average molecular weight is 390 g/mol. The fraction of sp³-hybridized carbons (Fsp3) is 0.565. The van der Waals surface area contributed by atoms with Crippen molar-refractivity contribution in [1.29, 1.82) is 0 Å². The lowest BCUT2D eigenvalue weighted by atomic mass is 9.87. The van der Waals surface area contributed by atoms with Gasteiger partial charge in [-0.05, 0) is 30.6 Å². The summed E-state index contributed by atoms with van der Waals surface area (Å²) < 4.78 is 46.0. The Balaban J connectivity index is 1.47. The van der Waals surface area contributed by atoms with E-state index in [4.69, 9.17) is 14.2 Å². The number of hydrogen-bond acceptors (Lipinski definition) is 3. The Morgan fingerprint density at radius 1 is 1.11 bits per heavy atom. The van der Waals surface area contributed by atoms with E-state index in [0.29, 0.717) is 43.7 Å². The van der Waals surface area contributed by atoms with Crippen LogP contribution < -0.4 is 0 Å². The molecule has 0 N–H and O–H groups in total. The predicted octanol–water partition coefficient (Wildman–Crippen LogP) is 5.26. The van der Waals surface area contributed by atoms with Gasteiger partial charge in [0.25, 0.3) is 0 Å². The highest BCUT2D eigenvalue weighted by Crippen LogP contribution is 2.39. The summed E-state index contributed by atoms with van der Waals surface area (Å²) in [5.41, 5.74) is 0.169. The summed E-state index contributed by atoms with van der Waals surface area (Å²) in [5.74, 6) is -0.511. The minimum absolute atomic E-state index is 0.258. The Hall–Kier alpha value is -1.56. The second-order valence-electron chi connectivity index (χ2n) is 7.99. The van der Waals surface area contributed by atoms with Gasteiger partial charge in [-0.25, -0.2) is 8.78 Å². The molecule has 1 heterocycles. The molecule has 0 radical (unpaired) electrons. The topological polar surface area (TPSA) is 27.7 Å². The molecule has 1 unspecified atom stereocenters. The summed E-state index contributed by atoms with van der Waals surface area (Å²) >= 11 is 0. The second kappa shape index (κ2) is 8.44. The third-order valence-electron chi connectivity index (χ3n) is 6.25. The zero-order valence-corrected chi connectivity index (χ0v) is 16.3. The van der Waals surface area contributed by atoms with Crippen molar-refractivity contribution < 1.29 is 23.0 Å². The molecule has 1 aromatic rings. The van der Waals surface area contributed by atoms with Crippen LogP contribution in [0, 0.1) is 23.5 Å². The van der Waals surface area contributed by atoms with E-state index in [2.05, 4.69) is 0 Å². The summed E-state index contributed by atoms with van der Waals surface area (Å²) in [6.07, 6.45) is 10.7. The Bertz CT molecular complexity index is 746. The van der Waals surface area contributed by atoms with Gasteiger partial charge in [0.1, 0.15) is 5.60 Å². The zero-order valence-electron chi connectivity index (χ0n) is 16.3. The van der Waals surface area contributed by atoms with E-state index in [1.165, 1.54) is 31.7 Å². The third kappa shape index (κ3) is 3.80. The molecule has 0 amide bonds. The summed E-state index contributed by atoms with van der Waals surface area (Å²) in [4.78, 5) is 0. The van der Waals surface area contributed by atoms with Gasteiger partial charge in [-0.1, -0.05) is 50.0 Å². The van der Waals surface area contributed by atoms with Gasteiger partial charge in [-0.2, -0.15) is 0 Å². The van der Waals surface area contributed by atoms with E-state index >= 15 is 0 Å². The van der Waals surface area contributed by atoms with Crippen LogP contribution in [-0.4, -0.2) is 31.7 Å². The van der Waals surface area contributed by atoms with Crippen LogP contribution in [0.3, 0.4) is 0 Å². The predicted molar refractivity (Wildman–Crippen MR) is 104 cm³/mol. The van der Waals surface area contributed by atoms with Gasteiger partial charge in [0, 0.05) is 24.5 Å². The molecule has 1 saturated heterocycles. The first-order chi connectivity index (χ1) is 13.6. The number of allylic oxidation sites excluding steroid dienone is 2. The van der Waals surface area contributed by atoms with Crippen molar-refractivity contribution in [1.82, 2.24) is 0 Å². The lowest BCUT2D eigenvalue weighted by molar-refractivity contribution is -0.276. The molecule has 5 heteroatoms. The van der Waals surface area contributed by atoms with Crippen LogP contribution in [0.2, 0.25) is 0 Å². The van der Waals surface area contributed by atoms with Crippen molar-refractivity contribution in [2.45, 2.75) is 50.9 Å². The average Bonchev–Trinajstić information content (AvgIpc) is 3.26. The Kier molecular flexibility index (Phi) is 5.95. The zero-order chi connectivity index (χ0) is 19.6. The summed E-state index contributed by atoms with van der Waals surface area (Å²) in [6.45, 7) is 3.82. The van der Waals surface area contributed by atoms with Gasteiger partial charge in [0.2, 0.25) is 0 Å². The molecule has 28 heavy (non-hydrogen) atoms. The summed E-state index contributed by atoms with van der Waals surface area (Å²) in [5, 5.41) is 0. The molecule has 2 aliphatic carbocycles. The molecule has 2 fully saturated rings. The van der Waals surface area contributed by atoms with Crippen LogP contribution in [0.4, 0.5) is 8.78 Å². The van der Waals surface area contributed by atoms with E-state index in [1.54, 1.807) is 12.1 Å². The van der Waals surface area contributed by atoms with Gasteiger partial charge < -0.3 is 14.2 Å². The summed E-state index contributed by atoms with van der Waals surface area (Å²) in [6, 6.07) is 4.23. The van der Waals surface area contributed by atoms with E-state index in [-0.39, 0.29) is 5.56 Å². The molecule has 0 bridgehead atoms. The number of halogens is 2. The Morgan fingerprint density at radius 3 is 2.50 bits per heavy atom. The molecule has 3 aliphatic rings. The van der Waals surface area contributed by atoms with E-state index in [1.807, 2.05) is 19.1 Å². The van der Waals surface area contributed by atoms with Crippen LogP contribution in [0.5, 0.6) is 0 Å². The SMILES string of the molecule is CCOC1([C@H]2OC[C@H](C3CCCC3)CO2)C=CC(c2cccc(F)c2F)=CC1. The van der Waals surface area contributed by atoms with Crippen molar-refractivity contribution in [2.75, 3.05) is 19.8 Å². The first-order valence-corrected chi connectivity index (χ1v) is 10.3. The monoisotopic (exact) mass is 390 g/mol. The second-order valence-corrected chi connectivity index (χ2v) is 7.99. The molecule has 1 aliphatic heterocycles. The van der Waals surface area contributed by atoms with Crippen LogP contribution >= 0.6 is 0 Å². The fourth-order valence-corrected chi connectivity index (χ4v) is 4.68. The van der Waals surface area contributed by atoms with E-state index < -0.39 is 23.5 Å². The lowest BCUT2D eigenvalue weighted by Crippen LogP contribution is -2.51. The summed E-state index contributed by atoms with van der Waals surface area (Å²) in [7, 11) is 0. The highest BCUT2D eigenvalue weighted by molar-refractivity contribution is 5.75. The smallest absolute Gasteiger partial charge is 0.190 e. The van der Waals surface area contributed by atoms with Crippen LogP contribution in [0.1, 0.15) is 44.6 Å². The maximum atomic E-state index is 14.1. The van der Waals surface area contributed by atoms with E-state index in [9.17, 15) is 8.78 Å². The molecule has 152 valence electrons. The van der Waals surface area contributed by atoms with Gasteiger partial charge in [0.05, 0.1) is 13.2 Å². The standard InChI is InChI=1S/C23H28F2O3/c1-2-28-23(22-26-14-18(15-27-22)16-6-3-4-7-16)12-10-17(11-13-23)19-8-5-9-20(24)21(19)25/h5,8-12,16,18,22H,2-4,6-7,13-15H2,1H3/t18-,22-,23?. The maximum Gasteiger partial charge on any atom is 0.190 e. The molecule has 1 saturated carbocycles. The minimum Gasteiger partial charge on any atom is -0.366 e. The van der Waals surface area contributed by atoms with Gasteiger partial charge in [-0.15, -0.1) is 0 Å². The van der Waals surface area contributed by atoms with Crippen LogP contribution in [0.25, 0.3) is 5.57 Å². The van der Waals surface area contributed by atoms with Crippen molar-refractivity contribution >= 4 is 5.57 Å². The third-order valence-corrected chi connectivity index (χ3v) is 6.25. The Labute approximate surface area is 165 Å². The van der Waals surface area contributed by atoms with Crippen molar-refractivity contribution in [3.05, 3.63) is 53.6 Å². The van der Waals surface area contributed by atoms with Gasteiger partial charge in [0.15, 0.2) is 17.9 Å². The first kappa shape index (κ1) is 19.7. The van der Waals surface area contributed by atoms with Crippen LogP contribution in [-0.2, 0) is 14.2 Å². The highest BCUT2D eigenvalue weighted by atomic mass is 19.2. The first-order valence-electron chi connectivity index (χ1n) is 10.3. The molecule has 1 aromatic carbocycles. The largest absolute Gasteiger partial charge is 0.366 e. The van der Waals surface area contributed by atoms with Crippen LogP contribution in [0.15, 0.2) is 36.4 Å². The van der Waals surface area contributed by atoms with Gasteiger partial charge >= 0.3 is 0 Å². The van der Waals surface area contributed by atoms with E-state index in [0.717, 1.165) is 6.07 Å².